The van der Waals surface area contributed by atoms with Crippen LogP contribution in [0, 0.1) is 12.7 Å². The zero-order valence-electron chi connectivity index (χ0n) is 12.9. The van der Waals surface area contributed by atoms with Crippen molar-refractivity contribution in [1.29, 1.82) is 0 Å². The predicted molar refractivity (Wildman–Crippen MR) is 93.9 cm³/mol. The fraction of sp³-hybridized carbons (Fsp3) is 0.235. The molecule has 0 unspecified atom stereocenters. The number of rotatable bonds is 6. The van der Waals surface area contributed by atoms with Crippen LogP contribution < -0.4 is 10.1 Å². The Kier molecular flexibility index (Phi) is 6.30. The summed E-state index contributed by atoms with van der Waals surface area (Å²) in [6, 6.07) is 9.96. The maximum Gasteiger partial charge on any atom is 0.234 e. The van der Waals surface area contributed by atoms with Crippen LogP contribution in [0.1, 0.15) is 11.1 Å². The van der Waals surface area contributed by atoms with Crippen molar-refractivity contribution in [2.24, 2.45) is 0 Å². The molecule has 1 amide bonds. The highest BCUT2D eigenvalue weighted by Gasteiger charge is 2.09. The third-order valence-corrected chi connectivity index (χ3v) is 4.35. The fourth-order valence-electron chi connectivity index (χ4n) is 2.05. The first kappa shape index (κ1) is 17.6. The number of aryl methyl sites for hydroxylation is 1. The van der Waals surface area contributed by atoms with Crippen LogP contribution in [0.4, 0.5) is 10.1 Å². The molecule has 0 radical (unpaired) electrons. The molecule has 2 aromatic carbocycles. The molecule has 0 aromatic heterocycles. The van der Waals surface area contributed by atoms with E-state index in [9.17, 15) is 9.18 Å². The monoisotopic (exact) mass is 353 g/mol. The van der Waals surface area contributed by atoms with Gasteiger partial charge in [0.15, 0.2) is 0 Å². The smallest absolute Gasteiger partial charge is 0.234 e. The summed E-state index contributed by atoms with van der Waals surface area (Å²) in [5.74, 6) is 0.861. The van der Waals surface area contributed by atoms with Gasteiger partial charge in [-0.15, -0.1) is 11.8 Å². The summed E-state index contributed by atoms with van der Waals surface area (Å²) in [4.78, 5) is 11.9. The number of ether oxygens (including phenoxy) is 1. The van der Waals surface area contributed by atoms with Crippen molar-refractivity contribution >= 4 is 35.0 Å². The van der Waals surface area contributed by atoms with Gasteiger partial charge in [0.25, 0.3) is 0 Å². The van der Waals surface area contributed by atoms with Gasteiger partial charge in [-0.25, -0.2) is 4.39 Å². The maximum atomic E-state index is 13.6. The molecule has 2 aromatic rings. The molecule has 0 saturated carbocycles. The van der Waals surface area contributed by atoms with Gasteiger partial charge in [0, 0.05) is 16.3 Å². The Morgan fingerprint density at radius 2 is 2.09 bits per heavy atom. The second kappa shape index (κ2) is 8.22. The minimum atomic E-state index is -0.506. The van der Waals surface area contributed by atoms with E-state index < -0.39 is 5.82 Å². The van der Waals surface area contributed by atoms with Gasteiger partial charge in [0.1, 0.15) is 11.6 Å². The highest BCUT2D eigenvalue weighted by atomic mass is 35.5. The van der Waals surface area contributed by atoms with Gasteiger partial charge in [0.2, 0.25) is 5.91 Å². The third kappa shape index (κ3) is 5.15. The van der Waals surface area contributed by atoms with Crippen molar-refractivity contribution in [2.45, 2.75) is 12.7 Å². The first-order chi connectivity index (χ1) is 11.0. The molecule has 0 saturated heterocycles. The average Bonchev–Trinajstić information content (AvgIpc) is 2.51. The molecule has 3 nitrogen and oxygen atoms in total. The Morgan fingerprint density at radius 3 is 2.83 bits per heavy atom. The molecule has 0 aliphatic heterocycles. The van der Waals surface area contributed by atoms with E-state index in [1.54, 1.807) is 7.11 Å². The topological polar surface area (TPSA) is 38.3 Å². The summed E-state index contributed by atoms with van der Waals surface area (Å²) in [6.45, 7) is 2.00. The number of carbonyl (C=O) groups is 1. The molecule has 1 N–H and O–H groups in total. The lowest BCUT2D eigenvalue weighted by Crippen LogP contribution is -2.15. The molecule has 23 heavy (non-hydrogen) atoms. The number of hydrogen-bond donors (Lipinski definition) is 1. The molecule has 0 atom stereocenters. The summed E-state index contributed by atoms with van der Waals surface area (Å²) >= 11 is 7.23. The lowest BCUT2D eigenvalue weighted by atomic mass is 10.1. The third-order valence-electron chi connectivity index (χ3n) is 3.13. The first-order valence-electron chi connectivity index (χ1n) is 6.95. The van der Waals surface area contributed by atoms with E-state index in [4.69, 9.17) is 16.3 Å². The summed E-state index contributed by atoms with van der Waals surface area (Å²) in [6.07, 6.45) is 0. The van der Waals surface area contributed by atoms with Crippen molar-refractivity contribution in [3.05, 3.63) is 58.4 Å². The van der Waals surface area contributed by atoms with Gasteiger partial charge in [-0.3, -0.25) is 4.79 Å². The number of halogens is 2. The van der Waals surface area contributed by atoms with Gasteiger partial charge in [-0.1, -0.05) is 29.3 Å². The Balaban J connectivity index is 1.90. The van der Waals surface area contributed by atoms with Crippen LogP contribution in [0.3, 0.4) is 0 Å². The lowest BCUT2D eigenvalue weighted by molar-refractivity contribution is -0.113. The Morgan fingerprint density at radius 1 is 1.30 bits per heavy atom. The van der Waals surface area contributed by atoms with E-state index in [-0.39, 0.29) is 17.3 Å². The van der Waals surface area contributed by atoms with Gasteiger partial charge in [-0.05, 0) is 31.2 Å². The molecule has 0 bridgehead atoms. The highest BCUT2D eigenvalue weighted by Crippen LogP contribution is 2.25. The zero-order valence-corrected chi connectivity index (χ0v) is 14.4. The van der Waals surface area contributed by atoms with Crippen LogP contribution in [-0.4, -0.2) is 18.8 Å². The van der Waals surface area contributed by atoms with Crippen LogP contribution in [0.25, 0.3) is 0 Å². The van der Waals surface area contributed by atoms with Gasteiger partial charge < -0.3 is 10.1 Å². The number of hydrogen-bond acceptors (Lipinski definition) is 3. The molecule has 0 aliphatic carbocycles. The Labute approximate surface area is 144 Å². The van der Waals surface area contributed by atoms with Gasteiger partial charge in [-0.2, -0.15) is 0 Å². The quantitative estimate of drug-likeness (QED) is 0.820. The second-order valence-electron chi connectivity index (χ2n) is 4.98. The molecule has 0 aliphatic rings. The maximum absolute atomic E-state index is 13.6. The van der Waals surface area contributed by atoms with Crippen LogP contribution in [-0.2, 0) is 10.5 Å². The predicted octanol–water partition coefficient (Wildman–Crippen LogP) is 4.67. The van der Waals surface area contributed by atoms with Crippen molar-refractivity contribution in [2.75, 3.05) is 18.2 Å². The molecule has 0 spiro atoms. The number of anilines is 1. The van der Waals surface area contributed by atoms with Crippen LogP contribution in [0.15, 0.2) is 36.4 Å². The van der Waals surface area contributed by atoms with Crippen molar-refractivity contribution in [3.8, 4) is 5.75 Å². The van der Waals surface area contributed by atoms with E-state index in [0.717, 1.165) is 16.9 Å². The Hall–Kier alpha value is -1.72. The number of nitrogens with one attached hydrogen (secondary N) is 1. The normalized spacial score (nSPS) is 10.4. The summed E-state index contributed by atoms with van der Waals surface area (Å²) in [5.41, 5.74) is 2.25. The molecule has 2 rings (SSSR count). The number of thioether (sulfide) groups is 1. The Bertz CT molecular complexity index is 709. The SMILES string of the molecule is COc1ccc(C)cc1CSCC(=O)Nc1cc(Cl)ccc1F. The highest BCUT2D eigenvalue weighted by molar-refractivity contribution is 7.99. The number of carbonyl (C=O) groups excluding carboxylic acids is 1. The largest absolute Gasteiger partial charge is 0.496 e. The standard InChI is InChI=1S/C17H17ClFNO2S/c1-11-3-6-16(22-2)12(7-11)9-23-10-17(21)20-15-8-13(18)4-5-14(15)19/h3-8H,9-10H2,1-2H3,(H,20,21). The van der Waals surface area contributed by atoms with Crippen LogP contribution >= 0.6 is 23.4 Å². The summed E-state index contributed by atoms with van der Waals surface area (Å²) in [5, 5.41) is 2.90. The fourth-order valence-corrected chi connectivity index (χ4v) is 3.03. The molecule has 122 valence electrons. The average molecular weight is 354 g/mol. The van der Waals surface area contributed by atoms with Gasteiger partial charge in [0.05, 0.1) is 18.6 Å². The van der Waals surface area contributed by atoms with E-state index in [1.165, 1.54) is 30.0 Å². The molecular formula is C17H17ClFNO2S. The second-order valence-corrected chi connectivity index (χ2v) is 6.40. The number of methoxy groups -OCH3 is 1. The van der Waals surface area contributed by atoms with Crippen LogP contribution in [0.5, 0.6) is 5.75 Å². The van der Waals surface area contributed by atoms with E-state index >= 15 is 0 Å². The van der Waals surface area contributed by atoms with Crippen molar-refractivity contribution in [3.63, 3.8) is 0 Å². The minimum Gasteiger partial charge on any atom is -0.496 e. The van der Waals surface area contributed by atoms with Crippen LogP contribution in [0.2, 0.25) is 5.02 Å². The molecule has 6 heteroatoms. The van der Waals surface area contributed by atoms with E-state index in [0.29, 0.717) is 10.8 Å². The number of benzene rings is 2. The molecule has 0 fully saturated rings. The zero-order chi connectivity index (χ0) is 16.8. The van der Waals surface area contributed by atoms with E-state index in [1.807, 2.05) is 25.1 Å². The number of amides is 1. The lowest BCUT2D eigenvalue weighted by Gasteiger charge is -2.10. The first-order valence-corrected chi connectivity index (χ1v) is 8.49. The summed E-state index contributed by atoms with van der Waals surface area (Å²) in [7, 11) is 1.62. The van der Waals surface area contributed by atoms with Crippen molar-refractivity contribution in [1.82, 2.24) is 0 Å². The summed E-state index contributed by atoms with van der Waals surface area (Å²) < 4.78 is 18.9. The minimum absolute atomic E-state index is 0.0937. The molecule has 0 heterocycles. The van der Waals surface area contributed by atoms with Crippen molar-refractivity contribution < 1.29 is 13.9 Å². The van der Waals surface area contributed by atoms with Gasteiger partial charge >= 0.3 is 0 Å². The molecular weight excluding hydrogens is 337 g/mol. The van der Waals surface area contributed by atoms with E-state index in [2.05, 4.69) is 5.32 Å².